The zero-order valence-electron chi connectivity index (χ0n) is 10.8. The van der Waals surface area contributed by atoms with Crippen LogP contribution in [-0.2, 0) is 4.79 Å². The van der Waals surface area contributed by atoms with E-state index in [2.05, 4.69) is 21.6 Å². The molecule has 0 unspecified atom stereocenters. The van der Waals surface area contributed by atoms with E-state index in [1.165, 1.54) is 49.3 Å². The van der Waals surface area contributed by atoms with E-state index in [-0.39, 0.29) is 11.2 Å². The number of rotatable bonds is 4. The van der Waals surface area contributed by atoms with E-state index in [0.29, 0.717) is 11.0 Å². The molecule has 0 saturated heterocycles. The molecule has 0 aliphatic heterocycles. The van der Waals surface area contributed by atoms with E-state index in [1.807, 2.05) is 0 Å². The lowest BCUT2D eigenvalue weighted by atomic mass is 9.87. The van der Waals surface area contributed by atoms with Crippen molar-refractivity contribution < 1.29 is 4.79 Å². The molecule has 1 amide bonds. The maximum atomic E-state index is 10.9. The molecule has 0 bridgehead atoms. The lowest BCUT2D eigenvalue weighted by molar-refractivity contribution is -0.114. The summed E-state index contributed by atoms with van der Waals surface area (Å²) in [5.41, 5.74) is 0. The van der Waals surface area contributed by atoms with Crippen LogP contribution in [0, 0.1) is 17.2 Å². The molecule has 1 aromatic rings. The van der Waals surface area contributed by atoms with Crippen LogP contribution in [0.4, 0.5) is 5.13 Å². The molecule has 5 nitrogen and oxygen atoms in total. The van der Waals surface area contributed by atoms with Gasteiger partial charge < -0.3 is 5.32 Å². The van der Waals surface area contributed by atoms with Gasteiger partial charge in [-0.15, -0.1) is 10.2 Å². The topological polar surface area (TPSA) is 78.7 Å². The monoisotopic (exact) mass is 296 g/mol. The van der Waals surface area contributed by atoms with Gasteiger partial charge in [0, 0.05) is 6.92 Å². The average molecular weight is 296 g/mol. The van der Waals surface area contributed by atoms with Crippen LogP contribution in [-0.4, -0.2) is 21.4 Å². The van der Waals surface area contributed by atoms with Gasteiger partial charge in [-0.25, -0.2) is 0 Å². The Morgan fingerprint density at radius 1 is 1.47 bits per heavy atom. The number of nitrogens with zero attached hydrogens (tertiary/aromatic N) is 3. The van der Waals surface area contributed by atoms with Crippen molar-refractivity contribution in [2.24, 2.45) is 5.92 Å². The Bertz CT molecular complexity index is 476. The van der Waals surface area contributed by atoms with Crippen LogP contribution in [0.3, 0.4) is 0 Å². The quantitative estimate of drug-likeness (QED) is 0.682. The second kappa shape index (κ2) is 6.87. The van der Waals surface area contributed by atoms with Crippen LogP contribution in [0.15, 0.2) is 4.34 Å². The molecular weight excluding hydrogens is 280 g/mol. The summed E-state index contributed by atoms with van der Waals surface area (Å²) in [6.07, 6.45) is 5.98. The highest BCUT2D eigenvalue weighted by Gasteiger charge is 2.25. The molecule has 2 rings (SSSR count). The Morgan fingerprint density at radius 2 is 2.21 bits per heavy atom. The molecule has 1 aromatic heterocycles. The number of amides is 1. The number of aromatic nitrogens is 2. The van der Waals surface area contributed by atoms with Gasteiger partial charge in [-0.2, -0.15) is 5.26 Å². The summed E-state index contributed by atoms with van der Waals surface area (Å²) >= 11 is 2.80. The standard InChI is InChI=1S/C12H16N4OS2/c1-8(17)14-11-15-16-12(19-11)18-10(7-13)9-5-3-2-4-6-9/h9-10H,2-6H2,1H3,(H,14,15,17)/t10-/m1/s1. The highest BCUT2D eigenvalue weighted by molar-refractivity contribution is 8.01. The third kappa shape index (κ3) is 4.18. The van der Waals surface area contributed by atoms with Crippen molar-refractivity contribution in [3.8, 4) is 6.07 Å². The second-order valence-corrected chi connectivity index (χ2v) is 6.99. The maximum absolute atomic E-state index is 10.9. The van der Waals surface area contributed by atoms with E-state index in [9.17, 15) is 10.1 Å². The predicted molar refractivity (Wildman–Crippen MR) is 76.0 cm³/mol. The number of nitriles is 1. The highest BCUT2D eigenvalue weighted by Crippen LogP contribution is 2.37. The summed E-state index contributed by atoms with van der Waals surface area (Å²) in [6, 6.07) is 2.38. The first-order chi connectivity index (χ1) is 9.19. The van der Waals surface area contributed by atoms with Crippen molar-refractivity contribution >= 4 is 34.1 Å². The van der Waals surface area contributed by atoms with Crippen molar-refractivity contribution in [3.05, 3.63) is 0 Å². The second-order valence-electron chi connectivity index (χ2n) is 4.62. The normalized spacial score (nSPS) is 17.7. The summed E-state index contributed by atoms with van der Waals surface area (Å²) in [7, 11) is 0. The Labute approximate surface area is 120 Å². The van der Waals surface area contributed by atoms with E-state index in [0.717, 1.165) is 17.2 Å². The maximum Gasteiger partial charge on any atom is 0.223 e. The third-order valence-electron chi connectivity index (χ3n) is 3.12. The smallest absolute Gasteiger partial charge is 0.223 e. The van der Waals surface area contributed by atoms with E-state index < -0.39 is 0 Å². The van der Waals surface area contributed by atoms with Crippen LogP contribution >= 0.6 is 23.1 Å². The molecule has 19 heavy (non-hydrogen) atoms. The zero-order valence-corrected chi connectivity index (χ0v) is 12.4. The van der Waals surface area contributed by atoms with Crippen LogP contribution in [0.25, 0.3) is 0 Å². The lowest BCUT2D eigenvalue weighted by Crippen LogP contribution is -2.18. The summed E-state index contributed by atoms with van der Waals surface area (Å²) in [5.74, 6) is 0.300. The molecular formula is C12H16N4OS2. The molecule has 1 N–H and O–H groups in total. The molecule has 0 aromatic carbocycles. The zero-order chi connectivity index (χ0) is 13.7. The van der Waals surface area contributed by atoms with Crippen LogP contribution in [0.5, 0.6) is 0 Å². The van der Waals surface area contributed by atoms with Gasteiger partial charge in [0.1, 0.15) is 5.25 Å². The third-order valence-corrected chi connectivity index (χ3v) is 5.32. The summed E-state index contributed by atoms with van der Waals surface area (Å²) < 4.78 is 0.751. The fraction of sp³-hybridized carbons (Fsp3) is 0.667. The molecule has 102 valence electrons. The predicted octanol–water partition coefficient (Wildman–Crippen LogP) is 3.06. The van der Waals surface area contributed by atoms with Gasteiger partial charge in [0.25, 0.3) is 0 Å². The Balaban J connectivity index is 1.96. The van der Waals surface area contributed by atoms with Gasteiger partial charge in [0.05, 0.1) is 6.07 Å². The Morgan fingerprint density at radius 3 is 2.84 bits per heavy atom. The lowest BCUT2D eigenvalue weighted by Gasteiger charge is -2.24. The van der Waals surface area contributed by atoms with Crippen molar-refractivity contribution in [2.45, 2.75) is 48.6 Å². The molecule has 0 radical (unpaired) electrons. The SMILES string of the molecule is CC(=O)Nc1nnc(S[C@H](C#N)C2CCCCC2)s1. The van der Waals surface area contributed by atoms with Crippen LogP contribution < -0.4 is 5.32 Å². The van der Waals surface area contributed by atoms with E-state index >= 15 is 0 Å². The average Bonchev–Trinajstić information content (AvgIpc) is 2.83. The van der Waals surface area contributed by atoms with Gasteiger partial charge in [-0.3, -0.25) is 4.79 Å². The fourth-order valence-electron chi connectivity index (χ4n) is 2.23. The molecule has 1 aliphatic rings. The molecule has 0 spiro atoms. The molecule has 1 heterocycles. The van der Waals surface area contributed by atoms with Crippen molar-refractivity contribution in [1.82, 2.24) is 10.2 Å². The number of anilines is 1. The number of hydrogen-bond donors (Lipinski definition) is 1. The summed E-state index contributed by atoms with van der Waals surface area (Å²) in [5, 5.41) is 20.3. The number of carbonyl (C=O) groups excluding carboxylic acids is 1. The van der Waals surface area contributed by atoms with Gasteiger partial charge in [0.15, 0.2) is 4.34 Å². The number of hydrogen-bond acceptors (Lipinski definition) is 6. The van der Waals surface area contributed by atoms with Gasteiger partial charge >= 0.3 is 0 Å². The molecule has 7 heteroatoms. The summed E-state index contributed by atoms with van der Waals surface area (Å²) in [6.45, 7) is 1.44. The van der Waals surface area contributed by atoms with Gasteiger partial charge in [-0.1, -0.05) is 42.4 Å². The minimum Gasteiger partial charge on any atom is -0.301 e. The van der Waals surface area contributed by atoms with Gasteiger partial charge in [0.2, 0.25) is 11.0 Å². The number of carbonyl (C=O) groups is 1. The van der Waals surface area contributed by atoms with E-state index in [1.54, 1.807) is 0 Å². The first-order valence-corrected chi connectivity index (χ1v) is 8.06. The molecule has 1 fully saturated rings. The van der Waals surface area contributed by atoms with Crippen molar-refractivity contribution in [3.63, 3.8) is 0 Å². The van der Waals surface area contributed by atoms with Gasteiger partial charge in [-0.05, 0) is 18.8 Å². The molecule has 1 saturated carbocycles. The number of nitrogens with one attached hydrogen (secondary N) is 1. The van der Waals surface area contributed by atoms with Crippen LogP contribution in [0.2, 0.25) is 0 Å². The molecule has 1 aliphatic carbocycles. The van der Waals surface area contributed by atoms with Crippen LogP contribution in [0.1, 0.15) is 39.0 Å². The largest absolute Gasteiger partial charge is 0.301 e. The minimum atomic E-state index is -0.156. The Hall–Kier alpha value is -1.13. The first-order valence-electron chi connectivity index (χ1n) is 6.36. The Kier molecular flexibility index (Phi) is 5.16. The fourth-order valence-corrected chi connectivity index (χ4v) is 4.32. The van der Waals surface area contributed by atoms with Crippen molar-refractivity contribution in [2.75, 3.05) is 5.32 Å². The minimum absolute atomic E-state index is 0.0570. The highest BCUT2D eigenvalue weighted by atomic mass is 32.2. The first kappa shape index (κ1) is 14.3. The van der Waals surface area contributed by atoms with E-state index in [4.69, 9.17) is 0 Å². The van der Waals surface area contributed by atoms with Crippen molar-refractivity contribution in [1.29, 1.82) is 5.26 Å². The summed E-state index contributed by atoms with van der Waals surface area (Å²) in [4.78, 5) is 10.9. The number of thioether (sulfide) groups is 1. The molecule has 1 atom stereocenters.